The molecular weight excluding hydrogens is 270 g/mol. The molecule has 3 amide bonds. The van der Waals surface area contributed by atoms with Gasteiger partial charge in [-0.1, -0.05) is 6.92 Å². The van der Waals surface area contributed by atoms with Crippen LogP contribution in [0.5, 0.6) is 0 Å². The fraction of sp³-hybridized carbons (Fsp3) is 0.400. The summed E-state index contributed by atoms with van der Waals surface area (Å²) in [6, 6.07) is 5.21. The first-order valence-corrected chi connectivity index (χ1v) is 6.88. The van der Waals surface area contributed by atoms with Gasteiger partial charge in [-0.2, -0.15) is 0 Å². The van der Waals surface area contributed by atoms with Gasteiger partial charge in [-0.15, -0.1) is 0 Å². The first kappa shape index (κ1) is 15.0. The highest BCUT2D eigenvalue weighted by Gasteiger charge is 2.35. The van der Waals surface area contributed by atoms with Gasteiger partial charge in [-0.25, -0.2) is 0 Å². The van der Waals surface area contributed by atoms with E-state index in [2.05, 4.69) is 5.32 Å². The zero-order chi connectivity index (χ0) is 15.6. The summed E-state index contributed by atoms with van der Waals surface area (Å²) in [5, 5.41) is 2.76. The summed E-state index contributed by atoms with van der Waals surface area (Å²) >= 11 is 0. The van der Waals surface area contributed by atoms with Crippen molar-refractivity contribution in [2.24, 2.45) is 5.92 Å². The van der Waals surface area contributed by atoms with E-state index in [0.717, 1.165) is 5.56 Å². The van der Waals surface area contributed by atoms with Crippen LogP contribution in [-0.4, -0.2) is 29.2 Å². The number of carbonyl (C=O) groups is 3. The molecule has 2 rings (SSSR count). The second-order valence-corrected chi connectivity index (χ2v) is 5.36. The highest BCUT2D eigenvalue weighted by atomic mass is 16.2. The third-order valence-corrected chi connectivity index (χ3v) is 3.56. The Morgan fingerprint density at radius 3 is 2.71 bits per heavy atom. The van der Waals surface area contributed by atoms with Crippen LogP contribution in [0, 0.1) is 12.8 Å². The van der Waals surface area contributed by atoms with Crippen LogP contribution in [-0.2, 0) is 14.4 Å². The van der Waals surface area contributed by atoms with Crippen molar-refractivity contribution in [1.29, 1.82) is 0 Å². The number of nitrogen functional groups attached to an aromatic ring is 1. The fourth-order valence-electron chi connectivity index (χ4n) is 2.34. The van der Waals surface area contributed by atoms with Gasteiger partial charge in [0.1, 0.15) is 0 Å². The molecule has 0 saturated carbocycles. The quantitative estimate of drug-likeness (QED) is 0.645. The van der Waals surface area contributed by atoms with Gasteiger partial charge < -0.3 is 11.1 Å². The van der Waals surface area contributed by atoms with Gasteiger partial charge in [0.05, 0.1) is 0 Å². The van der Waals surface area contributed by atoms with Gasteiger partial charge >= 0.3 is 0 Å². The summed E-state index contributed by atoms with van der Waals surface area (Å²) in [5.74, 6) is -0.914. The van der Waals surface area contributed by atoms with Gasteiger partial charge in [0, 0.05) is 36.7 Å². The Labute approximate surface area is 123 Å². The molecule has 1 aliphatic heterocycles. The molecular formula is C15H19N3O3. The molecule has 0 bridgehead atoms. The molecule has 1 atom stereocenters. The minimum atomic E-state index is -0.278. The lowest BCUT2D eigenvalue weighted by atomic mass is 10.1. The first-order chi connectivity index (χ1) is 9.88. The minimum Gasteiger partial charge on any atom is -0.399 e. The van der Waals surface area contributed by atoms with Crippen molar-refractivity contribution in [3.8, 4) is 0 Å². The van der Waals surface area contributed by atoms with Crippen LogP contribution in [0.15, 0.2) is 18.2 Å². The lowest BCUT2D eigenvalue weighted by Crippen LogP contribution is -2.33. The van der Waals surface area contributed by atoms with Gasteiger partial charge in [-0.05, 0) is 30.7 Å². The monoisotopic (exact) mass is 289 g/mol. The number of hydrogen-bond acceptors (Lipinski definition) is 4. The summed E-state index contributed by atoms with van der Waals surface area (Å²) in [7, 11) is 0. The molecule has 6 nitrogen and oxygen atoms in total. The number of aryl methyl sites for hydroxylation is 1. The average molecular weight is 289 g/mol. The highest BCUT2D eigenvalue weighted by Crippen LogP contribution is 2.20. The number of rotatable bonds is 4. The number of likely N-dealkylation sites (tertiary alicyclic amines) is 1. The third kappa shape index (κ3) is 3.39. The fourth-order valence-corrected chi connectivity index (χ4v) is 2.34. The van der Waals surface area contributed by atoms with Crippen LogP contribution in [0.3, 0.4) is 0 Å². The molecule has 112 valence electrons. The van der Waals surface area contributed by atoms with E-state index in [-0.39, 0.29) is 43.0 Å². The standard InChI is InChI=1S/C15H19N3O3/c1-9-7-11(16)3-4-12(9)17-13(19)5-6-18-14(20)8-10(2)15(18)21/h3-4,7,10H,5-6,8,16H2,1-2H3,(H,17,19). The topological polar surface area (TPSA) is 92.5 Å². The molecule has 0 aliphatic carbocycles. The smallest absolute Gasteiger partial charge is 0.232 e. The second kappa shape index (κ2) is 5.95. The molecule has 0 aromatic heterocycles. The van der Waals surface area contributed by atoms with Crippen LogP contribution in [0.4, 0.5) is 11.4 Å². The SMILES string of the molecule is Cc1cc(N)ccc1NC(=O)CCN1C(=O)CC(C)C1=O. The number of amides is 3. The summed E-state index contributed by atoms with van der Waals surface area (Å²) in [6.45, 7) is 3.70. The van der Waals surface area contributed by atoms with E-state index < -0.39 is 0 Å². The van der Waals surface area contributed by atoms with Gasteiger partial charge in [-0.3, -0.25) is 19.3 Å². The molecule has 1 aromatic rings. The molecule has 1 aliphatic rings. The van der Waals surface area contributed by atoms with E-state index in [0.29, 0.717) is 11.4 Å². The summed E-state index contributed by atoms with van der Waals surface area (Å²) in [4.78, 5) is 36.4. The van der Waals surface area contributed by atoms with Gasteiger partial charge in [0.15, 0.2) is 0 Å². The number of hydrogen-bond donors (Lipinski definition) is 2. The van der Waals surface area contributed by atoms with Crippen molar-refractivity contribution < 1.29 is 14.4 Å². The van der Waals surface area contributed by atoms with E-state index in [4.69, 9.17) is 5.73 Å². The van der Waals surface area contributed by atoms with E-state index >= 15 is 0 Å². The number of imide groups is 1. The maximum atomic E-state index is 11.9. The van der Waals surface area contributed by atoms with E-state index in [1.807, 2.05) is 6.92 Å². The van der Waals surface area contributed by atoms with Crippen molar-refractivity contribution in [1.82, 2.24) is 4.90 Å². The van der Waals surface area contributed by atoms with Crippen LogP contribution < -0.4 is 11.1 Å². The zero-order valence-electron chi connectivity index (χ0n) is 12.2. The Morgan fingerprint density at radius 2 is 2.14 bits per heavy atom. The molecule has 0 radical (unpaired) electrons. The second-order valence-electron chi connectivity index (χ2n) is 5.36. The number of nitrogens with one attached hydrogen (secondary N) is 1. The third-order valence-electron chi connectivity index (χ3n) is 3.56. The van der Waals surface area contributed by atoms with Crippen molar-refractivity contribution >= 4 is 29.1 Å². The first-order valence-electron chi connectivity index (χ1n) is 6.88. The summed E-state index contributed by atoms with van der Waals surface area (Å²) in [6.07, 6.45) is 0.325. The minimum absolute atomic E-state index is 0.0913. The number of benzene rings is 1. The van der Waals surface area contributed by atoms with Crippen LogP contribution >= 0.6 is 0 Å². The van der Waals surface area contributed by atoms with Crippen LogP contribution in [0.1, 0.15) is 25.3 Å². The predicted octanol–water partition coefficient (Wildman–Crippen LogP) is 1.30. The Morgan fingerprint density at radius 1 is 1.43 bits per heavy atom. The largest absolute Gasteiger partial charge is 0.399 e. The number of carbonyl (C=O) groups excluding carboxylic acids is 3. The lowest BCUT2D eigenvalue weighted by Gasteiger charge is -2.14. The number of nitrogens with two attached hydrogens (primary N) is 1. The Hall–Kier alpha value is -2.37. The maximum absolute atomic E-state index is 11.9. The Kier molecular flexibility index (Phi) is 4.26. The molecule has 1 aromatic carbocycles. The number of anilines is 2. The maximum Gasteiger partial charge on any atom is 0.232 e. The molecule has 6 heteroatoms. The van der Waals surface area contributed by atoms with Crippen molar-refractivity contribution in [2.75, 3.05) is 17.6 Å². The van der Waals surface area contributed by atoms with Crippen LogP contribution in [0.25, 0.3) is 0 Å². The van der Waals surface area contributed by atoms with E-state index in [9.17, 15) is 14.4 Å². The van der Waals surface area contributed by atoms with Crippen molar-refractivity contribution in [2.45, 2.75) is 26.7 Å². The lowest BCUT2D eigenvalue weighted by molar-refractivity contribution is -0.139. The predicted molar refractivity (Wildman–Crippen MR) is 79.3 cm³/mol. The summed E-state index contributed by atoms with van der Waals surface area (Å²) < 4.78 is 0. The summed E-state index contributed by atoms with van der Waals surface area (Å²) in [5.41, 5.74) is 7.83. The number of nitrogens with zero attached hydrogens (tertiary/aromatic N) is 1. The molecule has 21 heavy (non-hydrogen) atoms. The Balaban J connectivity index is 1.91. The van der Waals surface area contributed by atoms with Crippen LogP contribution in [0.2, 0.25) is 0 Å². The molecule has 1 unspecified atom stereocenters. The van der Waals surface area contributed by atoms with Gasteiger partial charge in [0.25, 0.3) is 0 Å². The highest BCUT2D eigenvalue weighted by molar-refractivity contribution is 6.03. The zero-order valence-corrected chi connectivity index (χ0v) is 12.2. The Bertz CT molecular complexity index is 598. The molecule has 3 N–H and O–H groups in total. The molecule has 1 saturated heterocycles. The van der Waals surface area contributed by atoms with Gasteiger partial charge in [0.2, 0.25) is 17.7 Å². The van der Waals surface area contributed by atoms with E-state index in [1.54, 1.807) is 25.1 Å². The van der Waals surface area contributed by atoms with E-state index in [1.165, 1.54) is 4.90 Å². The normalized spacial score (nSPS) is 18.2. The van der Waals surface area contributed by atoms with Crippen molar-refractivity contribution in [3.05, 3.63) is 23.8 Å². The molecule has 1 fully saturated rings. The average Bonchev–Trinajstić information content (AvgIpc) is 2.65. The molecule has 1 heterocycles. The molecule has 0 spiro atoms. The van der Waals surface area contributed by atoms with Crippen molar-refractivity contribution in [3.63, 3.8) is 0 Å².